The predicted octanol–water partition coefficient (Wildman–Crippen LogP) is 2.50. The molecule has 0 heterocycles. The molecular formula is C13H21NO. The molecule has 3 fully saturated rings. The molecule has 0 aromatic carbocycles. The molecule has 2 atom stereocenters. The van der Waals surface area contributed by atoms with Crippen molar-refractivity contribution in [2.75, 3.05) is 0 Å². The highest BCUT2D eigenvalue weighted by Crippen LogP contribution is 2.46. The van der Waals surface area contributed by atoms with Crippen LogP contribution in [0.2, 0.25) is 0 Å². The molecule has 3 saturated carbocycles. The van der Waals surface area contributed by atoms with Gasteiger partial charge >= 0.3 is 0 Å². The molecule has 0 aromatic rings. The smallest absolute Gasteiger partial charge is 0.243 e. The Bertz CT molecular complexity index is 253. The third-order valence-corrected chi connectivity index (χ3v) is 4.30. The van der Waals surface area contributed by atoms with Gasteiger partial charge in [0, 0.05) is 6.04 Å². The average Bonchev–Trinajstić information content (AvgIpc) is 2.30. The second-order valence-electron chi connectivity index (χ2n) is 5.18. The molecule has 2 unspecified atom stereocenters. The fraction of sp³-hybridized carbons (Fsp3) is 0.769. The summed E-state index contributed by atoms with van der Waals surface area (Å²) in [6.45, 7) is 5.64. The van der Waals surface area contributed by atoms with Crippen LogP contribution in [0.25, 0.3) is 0 Å². The van der Waals surface area contributed by atoms with Gasteiger partial charge in [-0.2, -0.15) is 0 Å². The first-order chi connectivity index (χ1) is 7.20. The van der Waals surface area contributed by atoms with Crippen LogP contribution in [0.1, 0.15) is 39.0 Å². The molecule has 15 heavy (non-hydrogen) atoms. The van der Waals surface area contributed by atoms with Gasteiger partial charge in [-0.3, -0.25) is 4.79 Å². The number of hydrogen-bond donors (Lipinski definition) is 1. The Morgan fingerprint density at radius 3 is 2.53 bits per heavy atom. The Balaban J connectivity index is 1.92. The van der Waals surface area contributed by atoms with E-state index in [1.165, 1.54) is 38.2 Å². The van der Waals surface area contributed by atoms with Crippen LogP contribution in [0.3, 0.4) is 0 Å². The number of amides is 1. The average molecular weight is 207 g/mol. The van der Waals surface area contributed by atoms with E-state index in [-0.39, 0.29) is 5.91 Å². The van der Waals surface area contributed by atoms with Crippen molar-refractivity contribution in [1.82, 2.24) is 5.32 Å². The fourth-order valence-electron chi connectivity index (χ4n) is 3.43. The van der Waals surface area contributed by atoms with Crippen LogP contribution < -0.4 is 5.32 Å². The molecule has 0 aliphatic heterocycles. The Kier molecular flexibility index (Phi) is 3.13. The first-order valence-corrected chi connectivity index (χ1v) is 6.13. The van der Waals surface area contributed by atoms with Crippen molar-refractivity contribution in [3.8, 4) is 0 Å². The largest absolute Gasteiger partial charge is 0.350 e. The number of nitrogens with one attached hydrogen (secondary N) is 1. The van der Waals surface area contributed by atoms with Crippen LogP contribution in [0.15, 0.2) is 12.7 Å². The SMILES string of the molecule is C=CC(=O)NC(C)C1CC2CCC1CC2. The Labute approximate surface area is 92.1 Å². The van der Waals surface area contributed by atoms with E-state index >= 15 is 0 Å². The fourth-order valence-corrected chi connectivity index (χ4v) is 3.43. The lowest BCUT2D eigenvalue weighted by Gasteiger charge is -2.45. The zero-order valence-electron chi connectivity index (χ0n) is 9.54. The van der Waals surface area contributed by atoms with Gasteiger partial charge in [0.15, 0.2) is 0 Å². The lowest BCUT2D eigenvalue weighted by molar-refractivity contribution is -0.117. The first-order valence-electron chi connectivity index (χ1n) is 6.13. The van der Waals surface area contributed by atoms with Crippen molar-refractivity contribution in [3.05, 3.63) is 12.7 Å². The molecule has 0 spiro atoms. The second-order valence-corrected chi connectivity index (χ2v) is 5.18. The monoisotopic (exact) mass is 207 g/mol. The summed E-state index contributed by atoms with van der Waals surface area (Å²) in [6.07, 6.45) is 8.29. The Hall–Kier alpha value is -0.790. The van der Waals surface area contributed by atoms with E-state index in [1.54, 1.807) is 0 Å². The summed E-state index contributed by atoms with van der Waals surface area (Å²) in [5.41, 5.74) is 0. The third kappa shape index (κ3) is 2.24. The summed E-state index contributed by atoms with van der Waals surface area (Å²) in [7, 11) is 0. The topological polar surface area (TPSA) is 29.1 Å². The summed E-state index contributed by atoms with van der Waals surface area (Å²) < 4.78 is 0. The first kappa shape index (κ1) is 10.7. The molecule has 1 amide bonds. The Morgan fingerprint density at radius 1 is 1.40 bits per heavy atom. The molecule has 0 aromatic heterocycles. The van der Waals surface area contributed by atoms with E-state index in [4.69, 9.17) is 0 Å². The number of carbonyl (C=O) groups is 1. The summed E-state index contributed by atoms with van der Waals surface area (Å²) in [6, 6.07) is 0.323. The third-order valence-electron chi connectivity index (χ3n) is 4.30. The van der Waals surface area contributed by atoms with Crippen LogP contribution in [0, 0.1) is 17.8 Å². The minimum atomic E-state index is -0.0241. The van der Waals surface area contributed by atoms with Crippen molar-refractivity contribution >= 4 is 5.91 Å². The zero-order chi connectivity index (χ0) is 10.8. The molecule has 2 nitrogen and oxygen atoms in total. The van der Waals surface area contributed by atoms with Gasteiger partial charge in [-0.05, 0) is 50.0 Å². The van der Waals surface area contributed by atoms with Gasteiger partial charge in [-0.1, -0.05) is 19.4 Å². The molecule has 3 rings (SSSR count). The summed E-state index contributed by atoms with van der Waals surface area (Å²) in [4.78, 5) is 11.2. The second kappa shape index (κ2) is 4.38. The van der Waals surface area contributed by atoms with Crippen LogP contribution in [0.5, 0.6) is 0 Å². The van der Waals surface area contributed by atoms with E-state index in [1.807, 2.05) is 0 Å². The molecule has 84 valence electrons. The molecule has 2 bridgehead atoms. The normalized spacial score (nSPS) is 35.9. The number of rotatable bonds is 3. The van der Waals surface area contributed by atoms with Crippen molar-refractivity contribution < 1.29 is 4.79 Å². The van der Waals surface area contributed by atoms with E-state index in [0.29, 0.717) is 12.0 Å². The van der Waals surface area contributed by atoms with Crippen molar-refractivity contribution in [1.29, 1.82) is 0 Å². The molecule has 0 saturated heterocycles. The minimum Gasteiger partial charge on any atom is -0.350 e. The standard InChI is InChI=1S/C13H21NO/c1-3-13(15)14-9(2)12-8-10-4-6-11(12)7-5-10/h3,9-12H,1,4-8H2,2H3,(H,14,15). The van der Waals surface area contributed by atoms with Gasteiger partial charge in [-0.15, -0.1) is 0 Å². The minimum absolute atomic E-state index is 0.0241. The summed E-state index contributed by atoms with van der Waals surface area (Å²) in [5, 5.41) is 3.03. The lowest BCUT2D eigenvalue weighted by Crippen LogP contribution is -2.45. The maximum atomic E-state index is 11.2. The maximum absolute atomic E-state index is 11.2. The molecular weight excluding hydrogens is 186 g/mol. The highest BCUT2D eigenvalue weighted by molar-refractivity contribution is 5.87. The highest BCUT2D eigenvalue weighted by Gasteiger charge is 2.38. The maximum Gasteiger partial charge on any atom is 0.243 e. The van der Waals surface area contributed by atoms with Crippen LogP contribution in [-0.4, -0.2) is 11.9 Å². The van der Waals surface area contributed by atoms with Crippen LogP contribution in [0.4, 0.5) is 0 Å². The molecule has 0 radical (unpaired) electrons. The van der Waals surface area contributed by atoms with Crippen molar-refractivity contribution in [2.24, 2.45) is 17.8 Å². The lowest BCUT2D eigenvalue weighted by atomic mass is 9.63. The van der Waals surface area contributed by atoms with Crippen molar-refractivity contribution in [3.63, 3.8) is 0 Å². The van der Waals surface area contributed by atoms with Gasteiger partial charge in [0.2, 0.25) is 5.91 Å². The van der Waals surface area contributed by atoms with Crippen LogP contribution in [-0.2, 0) is 4.79 Å². The molecule has 1 N–H and O–H groups in total. The van der Waals surface area contributed by atoms with Gasteiger partial charge in [-0.25, -0.2) is 0 Å². The van der Waals surface area contributed by atoms with Gasteiger partial charge in [0.1, 0.15) is 0 Å². The molecule has 3 aliphatic rings. The Morgan fingerprint density at radius 2 is 2.07 bits per heavy atom. The number of hydrogen-bond acceptors (Lipinski definition) is 1. The predicted molar refractivity (Wildman–Crippen MR) is 61.4 cm³/mol. The summed E-state index contributed by atoms with van der Waals surface area (Å²) in [5.74, 6) is 2.48. The molecule has 3 aliphatic carbocycles. The number of carbonyl (C=O) groups excluding carboxylic acids is 1. The van der Waals surface area contributed by atoms with E-state index in [2.05, 4.69) is 18.8 Å². The van der Waals surface area contributed by atoms with Gasteiger partial charge < -0.3 is 5.32 Å². The van der Waals surface area contributed by atoms with E-state index in [0.717, 1.165) is 11.8 Å². The van der Waals surface area contributed by atoms with E-state index in [9.17, 15) is 4.79 Å². The quantitative estimate of drug-likeness (QED) is 0.708. The highest BCUT2D eigenvalue weighted by atomic mass is 16.1. The zero-order valence-corrected chi connectivity index (χ0v) is 9.54. The number of fused-ring (bicyclic) bond motifs is 3. The molecule has 2 heteroatoms. The summed E-state index contributed by atoms with van der Waals surface area (Å²) >= 11 is 0. The van der Waals surface area contributed by atoms with Gasteiger partial charge in [0.05, 0.1) is 0 Å². The van der Waals surface area contributed by atoms with Gasteiger partial charge in [0.25, 0.3) is 0 Å². The van der Waals surface area contributed by atoms with Crippen LogP contribution >= 0.6 is 0 Å². The van der Waals surface area contributed by atoms with Crippen molar-refractivity contribution in [2.45, 2.75) is 45.1 Å². The van der Waals surface area contributed by atoms with E-state index < -0.39 is 0 Å².